The van der Waals surface area contributed by atoms with Crippen molar-refractivity contribution in [3.05, 3.63) is 47.0 Å². The van der Waals surface area contributed by atoms with Gasteiger partial charge in [0, 0.05) is 45.0 Å². The van der Waals surface area contributed by atoms with Crippen LogP contribution in [0.3, 0.4) is 0 Å². The highest BCUT2D eigenvalue weighted by Crippen LogP contribution is 2.32. The molecule has 3 aromatic heterocycles. The van der Waals surface area contributed by atoms with Crippen LogP contribution in [0.15, 0.2) is 30.7 Å². The number of hydrogen-bond acceptors (Lipinski definition) is 7. The molecule has 5 heterocycles. The summed E-state index contributed by atoms with van der Waals surface area (Å²) in [4.78, 5) is 33.5. The first-order valence-electron chi connectivity index (χ1n) is 12.1. The lowest BCUT2D eigenvalue weighted by Gasteiger charge is -2.41. The van der Waals surface area contributed by atoms with Crippen LogP contribution in [0.5, 0.6) is 0 Å². The Morgan fingerprint density at radius 3 is 2.63 bits per heavy atom. The molecule has 1 atom stereocenters. The molecular weight excluding hydrogens is 464 g/mol. The van der Waals surface area contributed by atoms with Gasteiger partial charge in [0.15, 0.2) is 5.82 Å². The van der Waals surface area contributed by atoms with E-state index in [1.807, 2.05) is 49.7 Å². The van der Waals surface area contributed by atoms with Crippen LogP contribution in [-0.4, -0.2) is 76.0 Å². The second-order valence-electron chi connectivity index (χ2n) is 10.4. The van der Waals surface area contributed by atoms with E-state index < -0.39 is 5.54 Å². The number of anilines is 2. The molecule has 5 rings (SSSR count). The molecule has 0 aliphatic carbocycles. The molecule has 2 aliphatic rings. The Bertz CT molecular complexity index is 1250. The molecule has 186 valence electrons. The highest BCUT2D eigenvalue weighted by Gasteiger charge is 2.38. The molecule has 9 nitrogen and oxygen atoms in total. The van der Waals surface area contributed by atoms with Crippen molar-refractivity contribution in [2.45, 2.75) is 39.3 Å². The van der Waals surface area contributed by atoms with E-state index in [2.05, 4.69) is 44.0 Å². The number of imidazole rings is 1. The van der Waals surface area contributed by atoms with Crippen LogP contribution < -0.4 is 15.1 Å². The van der Waals surface area contributed by atoms with Gasteiger partial charge in [0.25, 0.3) is 0 Å². The predicted octanol–water partition coefficient (Wildman–Crippen LogP) is 2.71. The molecule has 0 radical (unpaired) electrons. The minimum atomic E-state index is -0.567. The smallest absolute Gasteiger partial charge is 0.227 e. The van der Waals surface area contributed by atoms with Gasteiger partial charge < -0.3 is 24.4 Å². The van der Waals surface area contributed by atoms with Crippen molar-refractivity contribution in [3.63, 3.8) is 0 Å². The minimum absolute atomic E-state index is 0.0205. The number of likely N-dealkylation sites (N-methyl/N-ethyl adjacent to an activating group) is 1. The van der Waals surface area contributed by atoms with Gasteiger partial charge in [-0.1, -0.05) is 17.7 Å². The van der Waals surface area contributed by atoms with Crippen molar-refractivity contribution >= 4 is 34.9 Å². The van der Waals surface area contributed by atoms with E-state index in [0.717, 1.165) is 36.5 Å². The topological polar surface area (TPSA) is 81.9 Å². The fraction of sp³-hybridized carbons (Fsp3) is 0.520. The van der Waals surface area contributed by atoms with Crippen LogP contribution in [-0.2, 0) is 10.3 Å². The third kappa shape index (κ3) is 4.54. The summed E-state index contributed by atoms with van der Waals surface area (Å²) < 4.78 is 2.05. The summed E-state index contributed by atoms with van der Waals surface area (Å²) in [6.45, 7) is 12.1. The molecule has 2 aliphatic heterocycles. The number of amides is 1. The van der Waals surface area contributed by atoms with Gasteiger partial charge in [-0.3, -0.25) is 4.79 Å². The third-order valence-electron chi connectivity index (χ3n) is 7.24. The van der Waals surface area contributed by atoms with Crippen LogP contribution in [0.1, 0.15) is 32.0 Å². The normalized spacial score (nSPS) is 19.8. The Morgan fingerprint density at radius 1 is 1.11 bits per heavy atom. The van der Waals surface area contributed by atoms with E-state index in [1.165, 1.54) is 0 Å². The summed E-state index contributed by atoms with van der Waals surface area (Å²) in [5, 5.41) is 3.74. The molecule has 0 aromatic carbocycles. The number of aromatic nitrogens is 4. The summed E-state index contributed by atoms with van der Waals surface area (Å²) in [5.74, 6) is 1.28. The molecule has 10 heteroatoms. The number of hydrogen-bond donors (Lipinski definition) is 1. The Morgan fingerprint density at radius 2 is 1.89 bits per heavy atom. The first-order valence-corrected chi connectivity index (χ1v) is 12.5. The van der Waals surface area contributed by atoms with Crippen molar-refractivity contribution in [2.24, 2.45) is 5.92 Å². The van der Waals surface area contributed by atoms with Crippen LogP contribution in [0.25, 0.3) is 5.65 Å². The van der Waals surface area contributed by atoms with Gasteiger partial charge in [-0.05, 0) is 46.4 Å². The molecule has 2 fully saturated rings. The fourth-order valence-corrected chi connectivity index (χ4v) is 5.00. The molecular formula is C25H33ClN8O. The van der Waals surface area contributed by atoms with Gasteiger partial charge in [0.05, 0.1) is 29.5 Å². The average Bonchev–Trinajstić information content (AvgIpc) is 3.19. The molecule has 3 aromatic rings. The van der Waals surface area contributed by atoms with Crippen LogP contribution >= 0.6 is 11.6 Å². The van der Waals surface area contributed by atoms with Crippen molar-refractivity contribution in [1.29, 1.82) is 0 Å². The maximum Gasteiger partial charge on any atom is 0.227 e. The van der Waals surface area contributed by atoms with Crippen molar-refractivity contribution in [1.82, 2.24) is 29.6 Å². The zero-order chi connectivity index (χ0) is 24.9. The van der Waals surface area contributed by atoms with Crippen LogP contribution in [0.4, 0.5) is 11.8 Å². The molecule has 1 unspecified atom stereocenters. The molecule has 1 amide bonds. The Hall–Kier alpha value is -2.91. The van der Waals surface area contributed by atoms with Gasteiger partial charge in [-0.15, -0.1) is 0 Å². The lowest BCUT2D eigenvalue weighted by atomic mass is 9.95. The Kier molecular flexibility index (Phi) is 6.09. The van der Waals surface area contributed by atoms with Gasteiger partial charge in [-0.2, -0.15) is 4.98 Å². The van der Waals surface area contributed by atoms with E-state index in [0.29, 0.717) is 35.9 Å². The minimum Gasteiger partial charge on any atom is -0.353 e. The Balaban J connectivity index is 1.25. The van der Waals surface area contributed by atoms with Gasteiger partial charge in [-0.25, -0.2) is 9.97 Å². The molecule has 0 saturated carbocycles. The maximum absolute atomic E-state index is 13.1. The van der Waals surface area contributed by atoms with Crippen LogP contribution in [0, 0.1) is 12.8 Å². The number of nitrogens with one attached hydrogen (secondary N) is 1. The summed E-state index contributed by atoms with van der Waals surface area (Å²) >= 11 is 6.46. The standard InChI is InChI=1S/C25H33ClN8O/c1-16-6-7-21-27-11-20(34(21)12-16)25(3,4)30-23(35)18-14-33(15-18)22-19(26)10-28-24(29-22)32-9-8-31(5)17(2)13-32/h6-7,10-12,17-18H,8-9,13-15H2,1-5H3,(H,30,35). The number of aryl methyl sites for hydroxylation is 1. The number of fused-ring (bicyclic) bond motifs is 1. The zero-order valence-corrected chi connectivity index (χ0v) is 21.7. The fourth-order valence-electron chi connectivity index (χ4n) is 4.79. The highest BCUT2D eigenvalue weighted by molar-refractivity contribution is 6.32. The molecule has 0 bridgehead atoms. The van der Waals surface area contributed by atoms with Crippen molar-refractivity contribution in [2.75, 3.05) is 49.6 Å². The van der Waals surface area contributed by atoms with E-state index in [9.17, 15) is 4.79 Å². The summed E-state index contributed by atoms with van der Waals surface area (Å²) in [7, 11) is 2.14. The first kappa shape index (κ1) is 23.8. The van der Waals surface area contributed by atoms with Gasteiger partial charge in [0.1, 0.15) is 10.7 Å². The number of piperazine rings is 1. The number of halogens is 1. The van der Waals surface area contributed by atoms with E-state index in [1.54, 1.807) is 6.20 Å². The first-order chi connectivity index (χ1) is 16.6. The Labute approximate surface area is 211 Å². The van der Waals surface area contributed by atoms with Crippen molar-refractivity contribution in [3.8, 4) is 0 Å². The van der Waals surface area contributed by atoms with E-state index in [-0.39, 0.29) is 11.8 Å². The molecule has 2 saturated heterocycles. The predicted molar refractivity (Wildman–Crippen MR) is 138 cm³/mol. The number of nitrogens with zero attached hydrogens (tertiary/aromatic N) is 7. The number of carbonyl (C=O) groups is 1. The SMILES string of the molecule is Cc1ccc2ncc(C(C)(C)NC(=O)C3CN(c4nc(N5CCN(C)C(C)C5)ncc4Cl)C3)n2c1. The van der Waals surface area contributed by atoms with Crippen LogP contribution in [0.2, 0.25) is 5.02 Å². The quantitative estimate of drug-likeness (QED) is 0.581. The zero-order valence-electron chi connectivity index (χ0n) is 21.0. The number of rotatable bonds is 5. The van der Waals surface area contributed by atoms with E-state index >= 15 is 0 Å². The summed E-state index contributed by atoms with van der Waals surface area (Å²) in [6.07, 6.45) is 5.56. The lowest BCUT2D eigenvalue weighted by Crippen LogP contribution is -2.57. The monoisotopic (exact) mass is 496 g/mol. The molecule has 1 N–H and O–H groups in total. The van der Waals surface area contributed by atoms with Gasteiger partial charge in [0.2, 0.25) is 11.9 Å². The van der Waals surface area contributed by atoms with Gasteiger partial charge >= 0.3 is 0 Å². The van der Waals surface area contributed by atoms with Crippen molar-refractivity contribution < 1.29 is 4.79 Å². The largest absolute Gasteiger partial charge is 0.353 e. The summed E-state index contributed by atoms with van der Waals surface area (Å²) in [5.41, 5.74) is 2.39. The molecule has 35 heavy (non-hydrogen) atoms. The third-order valence-corrected chi connectivity index (χ3v) is 7.50. The number of pyridine rings is 1. The second-order valence-corrected chi connectivity index (χ2v) is 10.8. The average molecular weight is 497 g/mol. The maximum atomic E-state index is 13.1. The van der Waals surface area contributed by atoms with E-state index in [4.69, 9.17) is 16.6 Å². The summed E-state index contributed by atoms with van der Waals surface area (Å²) in [6, 6.07) is 4.46. The second kappa shape index (κ2) is 8.95. The molecule has 0 spiro atoms. The highest BCUT2D eigenvalue weighted by atomic mass is 35.5. The lowest BCUT2D eigenvalue weighted by molar-refractivity contribution is -0.127. The number of carbonyl (C=O) groups excluding carboxylic acids is 1.